The molecule has 1 heterocycles. The highest BCUT2D eigenvalue weighted by Gasteiger charge is 2.51. The summed E-state index contributed by atoms with van der Waals surface area (Å²) in [5, 5.41) is 3.77. The van der Waals surface area contributed by atoms with Gasteiger partial charge in [0.05, 0.1) is 5.92 Å². The van der Waals surface area contributed by atoms with Gasteiger partial charge in [-0.3, -0.25) is 4.79 Å². The smallest absolute Gasteiger partial charge is 0.311 e. The molecule has 0 radical (unpaired) electrons. The van der Waals surface area contributed by atoms with E-state index in [2.05, 4.69) is 17.4 Å². The first-order chi connectivity index (χ1) is 12.1. The molecule has 1 aliphatic heterocycles. The maximum Gasteiger partial charge on any atom is 0.311 e. The van der Waals surface area contributed by atoms with E-state index < -0.39 is 0 Å². The summed E-state index contributed by atoms with van der Waals surface area (Å²) < 4.78 is 10.9. The molecule has 0 amide bonds. The summed E-state index contributed by atoms with van der Waals surface area (Å²) in [6, 6.07) is 7.12. The zero-order valence-corrected chi connectivity index (χ0v) is 15.3. The maximum atomic E-state index is 11.6. The maximum absolute atomic E-state index is 11.6. The van der Waals surface area contributed by atoms with Crippen molar-refractivity contribution in [2.45, 2.75) is 63.8 Å². The number of carbonyl (C=O) groups is 1. The largest absolute Gasteiger partial charge is 0.457 e. The zero-order valence-electron chi connectivity index (χ0n) is 15.3. The van der Waals surface area contributed by atoms with Crippen LogP contribution in [0.1, 0.15) is 57.1 Å². The predicted octanol–water partition coefficient (Wildman–Crippen LogP) is 3.57. The third-order valence-electron chi connectivity index (χ3n) is 6.52. The van der Waals surface area contributed by atoms with Gasteiger partial charge < -0.3 is 14.8 Å². The van der Waals surface area contributed by atoms with Gasteiger partial charge in [-0.05, 0) is 61.4 Å². The second-order valence-corrected chi connectivity index (χ2v) is 8.22. The highest BCUT2D eigenvalue weighted by molar-refractivity contribution is 5.71. The van der Waals surface area contributed by atoms with Crippen LogP contribution in [0.3, 0.4) is 0 Å². The van der Waals surface area contributed by atoms with Crippen molar-refractivity contribution in [3.05, 3.63) is 29.3 Å². The first-order valence-electron chi connectivity index (χ1n) is 9.76. The molecule has 4 heteroatoms. The molecule has 4 rings (SSSR count). The number of fused-ring (bicyclic) bond motifs is 1. The lowest BCUT2D eigenvalue weighted by Crippen LogP contribution is -2.59. The van der Waals surface area contributed by atoms with Gasteiger partial charge in [-0.25, -0.2) is 0 Å². The molecule has 1 N–H and O–H groups in total. The Morgan fingerprint density at radius 3 is 3.04 bits per heavy atom. The second-order valence-electron chi connectivity index (χ2n) is 8.22. The molecule has 0 aromatic heterocycles. The van der Waals surface area contributed by atoms with E-state index >= 15 is 0 Å². The molecule has 1 aromatic carbocycles. The van der Waals surface area contributed by atoms with E-state index in [-0.39, 0.29) is 18.7 Å². The number of hydrogen-bond donors (Lipinski definition) is 1. The van der Waals surface area contributed by atoms with E-state index in [1.165, 1.54) is 43.2 Å². The minimum absolute atomic E-state index is 0.00356. The van der Waals surface area contributed by atoms with Gasteiger partial charge in [0, 0.05) is 11.5 Å². The number of rotatable bonds is 4. The molecule has 1 saturated carbocycles. The Labute approximate surface area is 150 Å². The minimum atomic E-state index is -0.218. The summed E-state index contributed by atoms with van der Waals surface area (Å²) in [4.78, 5) is 11.6. The van der Waals surface area contributed by atoms with Crippen LogP contribution in [0.2, 0.25) is 0 Å². The summed E-state index contributed by atoms with van der Waals surface area (Å²) >= 11 is 0. The highest BCUT2D eigenvalue weighted by Crippen LogP contribution is 2.54. The van der Waals surface area contributed by atoms with Gasteiger partial charge in [0.1, 0.15) is 5.75 Å². The fourth-order valence-electron chi connectivity index (χ4n) is 5.32. The van der Waals surface area contributed by atoms with Gasteiger partial charge in [-0.1, -0.05) is 32.8 Å². The van der Waals surface area contributed by atoms with Crippen LogP contribution in [0.5, 0.6) is 5.75 Å². The Bertz CT molecular complexity index is 653. The van der Waals surface area contributed by atoms with E-state index in [1.807, 2.05) is 19.9 Å². The number of benzene rings is 1. The van der Waals surface area contributed by atoms with Gasteiger partial charge in [-0.15, -0.1) is 0 Å². The van der Waals surface area contributed by atoms with Crippen LogP contribution >= 0.6 is 0 Å². The van der Waals surface area contributed by atoms with Gasteiger partial charge in [0.15, 0.2) is 0 Å². The standard InChI is InChI=1S/C21H29NO3/c1-14(2)20(23)25-13-24-16-7-6-15-11-19-17-5-3-4-8-21(17,9-10-22-19)18(15)12-16/h6-7,12,14,17,19,22H,3-5,8-11,13H2,1-2H3/t17-,19-,21+/m1/s1. The Balaban J connectivity index is 1.56. The van der Waals surface area contributed by atoms with Gasteiger partial charge in [0.2, 0.25) is 6.79 Å². The quantitative estimate of drug-likeness (QED) is 0.671. The van der Waals surface area contributed by atoms with Gasteiger partial charge in [0.25, 0.3) is 0 Å². The zero-order chi connectivity index (χ0) is 17.4. The molecule has 1 saturated heterocycles. The Hall–Kier alpha value is -1.55. The second kappa shape index (κ2) is 6.64. The van der Waals surface area contributed by atoms with E-state index in [4.69, 9.17) is 9.47 Å². The highest BCUT2D eigenvalue weighted by atomic mass is 16.7. The molecule has 3 atom stereocenters. The van der Waals surface area contributed by atoms with Crippen molar-refractivity contribution in [1.29, 1.82) is 0 Å². The van der Waals surface area contributed by atoms with Crippen molar-refractivity contribution < 1.29 is 14.3 Å². The van der Waals surface area contributed by atoms with Crippen molar-refractivity contribution >= 4 is 5.97 Å². The summed E-state index contributed by atoms with van der Waals surface area (Å²) in [6.45, 7) is 4.78. The molecular weight excluding hydrogens is 314 g/mol. The van der Waals surface area contributed by atoms with Crippen molar-refractivity contribution in [3.8, 4) is 5.75 Å². The predicted molar refractivity (Wildman–Crippen MR) is 96.6 cm³/mol. The average molecular weight is 343 g/mol. The molecule has 25 heavy (non-hydrogen) atoms. The number of ether oxygens (including phenoxy) is 2. The molecule has 2 bridgehead atoms. The molecular formula is C21H29NO3. The summed E-state index contributed by atoms with van der Waals surface area (Å²) in [5.74, 6) is 1.24. The van der Waals surface area contributed by atoms with Crippen molar-refractivity contribution in [3.63, 3.8) is 0 Å². The first kappa shape index (κ1) is 16.9. The molecule has 1 aromatic rings. The van der Waals surface area contributed by atoms with Crippen LogP contribution in [-0.4, -0.2) is 25.3 Å². The normalized spacial score (nSPS) is 30.4. The molecule has 0 unspecified atom stereocenters. The lowest BCUT2D eigenvalue weighted by atomic mass is 9.53. The minimum Gasteiger partial charge on any atom is -0.457 e. The van der Waals surface area contributed by atoms with E-state index in [9.17, 15) is 4.79 Å². The van der Waals surface area contributed by atoms with Crippen LogP contribution in [-0.2, 0) is 21.4 Å². The van der Waals surface area contributed by atoms with Crippen LogP contribution in [0.25, 0.3) is 0 Å². The topological polar surface area (TPSA) is 47.6 Å². The van der Waals surface area contributed by atoms with Crippen molar-refractivity contribution in [1.82, 2.24) is 5.32 Å². The van der Waals surface area contributed by atoms with Crippen LogP contribution in [0.15, 0.2) is 18.2 Å². The fourth-order valence-corrected chi connectivity index (χ4v) is 5.32. The van der Waals surface area contributed by atoms with Crippen molar-refractivity contribution in [2.24, 2.45) is 11.8 Å². The monoisotopic (exact) mass is 343 g/mol. The molecule has 4 nitrogen and oxygen atoms in total. The summed E-state index contributed by atoms with van der Waals surface area (Å²) in [5.41, 5.74) is 3.31. The Kier molecular flexibility index (Phi) is 4.48. The van der Waals surface area contributed by atoms with Gasteiger partial charge in [-0.2, -0.15) is 0 Å². The third kappa shape index (κ3) is 2.95. The average Bonchev–Trinajstić information content (AvgIpc) is 2.62. The van der Waals surface area contributed by atoms with Crippen LogP contribution in [0.4, 0.5) is 0 Å². The Morgan fingerprint density at radius 2 is 2.20 bits per heavy atom. The summed E-state index contributed by atoms with van der Waals surface area (Å²) in [6.07, 6.45) is 7.70. The Morgan fingerprint density at radius 1 is 1.32 bits per heavy atom. The number of nitrogens with one attached hydrogen (secondary N) is 1. The molecule has 0 spiro atoms. The lowest BCUT2D eigenvalue weighted by molar-refractivity contribution is -0.153. The first-order valence-corrected chi connectivity index (χ1v) is 9.76. The number of piperidine rings is 1. The molecule has 2 aliphatic carbocycles. The lowest BCUT2D eigenvalue weighted by Gasteiger charge is -2.56. The van der Waals surface area contributed by atoms with Crippen molar-refractivity contribution in [2.75, 3.05) is 13.3 Å². The molecule has 2 fully saturated rings. The molecule has 3 aliphatic rings. The van der Waals surface area contributed by atoms with Crippen LogP contribution in [0, 0.1) is 11.8 Å². The third-order valence-corrected chi connectivity index (χ3v) is 6.52. The number of hydrogen-bond acceptors (Lipinski definition) is 4. The van der Waals surface area contributed by atoms with Gasteiger partial charge >= 0.3 is 5.97 Å². The number of esters is 1. The summed E-state index contributed by atoms with van der Waals surface area (Å²) in [7, 11) is 0. The SMILES string of the molecule is CC(C)C(=O)OCOc1ccc2c(c1)[C@]13CCCC[C@@H]1[C@@H](C2)NCC3. The fraction of sp³-hybridized carbons (Fsp3) is 0.667. The number of carbonyl (C=O) groups excluding carboxylic acids is 1. The van der Waals surface area contributed by atoms with E-state index in [0.29, 0.717) is 11.5 Å². The van der Waals surface area contributed by atoms with E-state index in [1.54, 1.807) is 0 Å². The molecule has 136 valence electrons. The van der Waals surface area contributed by atoms with Crippen LogP contribution < -0.4 is 10.1 Å². The van der Waals surface area contributed by atoms with E-state index in [0.717, 1.165) is 24.6 Å².